The van der Waals surface area contributed by atoms with Crippen molar-refractivity contribution in [1.82, 2.24) is 4.57 Å². The molecule has 0 radical (unpaired) electrons. The van der Waals surface area contributed by atoms with Crippen molar-refractivity contribution in [1.29, 1.82) is 0 Å². The maximum absolute atomic E-state index is 2.44. The van der Waals surface area contributed by atoms with Crippen LogP contribution in [0, 0.1) is 0 Å². The molecule has 11 aromatic rings. The van der Waals surface area contributed by atoms with E-state index in [1.54, 1.807) is 0 Å². The van der Waals surface area contributed by atoms with Gasteiger partial charge < -0.3 is 19.3 Å². The minimum Gasteiger partial charge on any atom is -0.310 e. The number of rotatable bonds is 10. The van der Waals surface area contributed by atoms with Gasteiger partial charge in [-0.05, 0) is 120 Å². The van der Waals surface area contributed by atoms with Crippen LogP contribution >= 0.6 is 0 Å². The van der Waals surface area contributed by atoms with Gasteiger partial charge in [-0.3, -0.25) is 0 Å². The van der Waals surface area contributed by atoms with Crippen molar-refractivity contribution < 1.29 is 0 Å². The Kier molecular flexibility index (Phi) is 9.49. The fourth-order valence-corrected chi connectivity index (χ4v) is 8.94. The largest absolute Gasteiger partial charge is 0.310 e. The van der Waals surface area contributed by atoms with E-state index in [1.165, 1.54) is 21.5 Å². The topological polar surface area (TPSA) is 14.7 Å². The molecule has 1 aromatic heterocycles. The van der Waals surface area contributed by atoms with Gasteiger partial charge >= 0.3 is 0 Å². The molecule has 4 heteroatoms. The quantitative estimate of drug-likeness (QED) is 0.137. The summed E-state index contributed by atoms with van der Waals surface area (Å²) in [5.74, 6) is 0. The second-order valence-corrected chi connectivity index (χ2v) is 15.4. The molecule has 1 heterocycles. The van der Waals surface area contributed by atoms with Gasteiger partial charge in [0.2, 0.25) is 0 Å². The molecule has 11 rings (SSSR count). The Labute approximate surface area is 362 Å². The Hall–Kier alpha value is -8.34. The van der Waals surface area contributed by atoms with Gasteiger partial charge in [0.15, 0.2) is 0 Å². The Morgan fingerprint density at radius 1 is 0.258 bits per heavy atom. The molecule has 0 fully saturated rings. The highest BCUT2D eigenvalue weighted by Gasteiger charge is 2.24. The molecule has 4 nitrogen and oxygen atoms in total. The van der Waals surface area contributed by atoms with Gasteiger partial charge in [0, 0.05) is 62.0 Å². The second-order valence-electron chi connectivity index (χ2n) is 15.4. The lowest BCUT2D eigenvalue weighted by Gasteiger charge is -2.31. The first-order valence-corrected chi connectivity index (χ1v) is 21.1. The number of anilines is 9. The van der Waals surface area contributed by atoms with Crippen LogP contribution in [0.3, 0.4) is 0 Å². The van der Waals surface area contributed by atoms with E-state index < -0.39 is 0 Å². The summed E-state index contributed by atoms with van der Waals surface area (Å²) in [4.78, 5) is 7.13. The van der Waals surface area contributed by atoms with E-state index >= 15 is 0 Å². The summed E-state index contributed by atoms with van der Waals surface area (Å²) in [6, 6.07) is 91.3. The van der Waals surface area contributed by atoms with Crippen molar-refractivity contribution in [3.8, 4) is 5.69 Å². The number of nitrogens with zero attached hydrogens (tertiary/aromatic N) is 4. The van der Waals surface area contributed by atoms with Crippen molar-refractivity contribution in [2.75, 3.05) is 14.7 Å². The zero-order valence-electron chi connectivity index (χ0n) is 34.0. The molecule has 0 bridgehead atoms. The lowest BCUT2D eigenvalue weighted by atomic mass is 10.1. The Morgan fingerprint density at radius 2 is 0.677 bits per heavy atom. The van der Waals surface area contributed by atoms with Gasteiger partial charge in [0.1, 0.15) is 0 Å². The summed E-state index contributed by atoms with van der Waals surface area (Å²) in [7, 11) is 0. The molecule has 10 aromatic carbocycles. The van der Waals surface area contributed by atoms with Crippen molar-refractivity contribution in [2.24, 2.45) is 0 Å². The minimum atomic E-state index is 1.03. The summed E-state index contributed by atoms with van der Waals surface area (Å²) < 4.78 is 2.42. The van der Waals surface area contributed by atoms with Crippen LogP contribution in [0.15, 0.2) is 255 Å². The Balaban J connectivity index is 1.17. The van der Waals surface area contributed by atoms with Crippen molar-refractivity contribution in [2.45, 2.75) is 0 Å². The molecule has 294 valence electrons. The third kappa shape index (κ3) is 6.70. The molecular weight excluding hydrogens is 753 g/mol. The van der Waals surface area contributed by atoms with Gasteiger partial charge in [-0.15, -0.1) is 0 Å². The molecule has 0 saturated heterocycles. The first-order valence-electron chi connectivity index (χ1n) is 21.1. The smallest absolute Gasteiger partial charge is 0.0782 e. The van der Waals surface area contributed by atoms with Crippen molar-refractivity contribution >= 4 is 83.8 Å². The number of hydrogen-bond acceptors (Lipinski definition) is 3. The maximum Gasteiger partial charge on any atom is 0.0782 e. The Bertz CT molecular complexity index is 3270. The predicted molar refractivity (Wildman–Crippen MR) is 262 cm³/mol. The number of para-hydroxylation sites is 6. The second kappa shape index (κ2) is 16.0. The van der Waals surface area contributed by atoms with Gasteiger partial charge in [0.25, 0.3) is 0 Å². The first-order chi connectivity index (χ1) is 30.8. The van der Waals surface area contributed by atoms with Gasteiger partial charge in [-0.2, -0.15) is 0 Å². The number of fused-ring (bicyclic) bond motifs is 4. The third-order valence-electron chi connectivity index (χ3n) is 11.7. The van der Waals surface area contributed by atoms with Crippen LogP contribution in [-0.4, -0.2) is 4.57 Å². The fourth-order valence-electron chi connectivity index (χ4n) is 8.94. The van der Waals surface area contributed by atoms with Crippen LogP contribution in [0.5, 0.6) is 0 Å². The number of aromatic nitrogens is 1. The van der Waals surface area contributed by atoms with E-state index in [-0.39, 0.29) is 0 Å². The van der Waals surface area contributed by atoms with Gasteiger partial charge in [-0.25, -0.2) is 0 Å². The molecule has 0 aliphatic carbocycles. The van der Waals surface area contributed by atoms with E-state index in [9.17, 15) is 0 Å². The average Bonchev–Trinajstić information content (AvgIpc) is 3.69. The first kappa shape index (κ1) is 36.7. The molecule has 0 amide bonds. The lowest BCUT2D eigenvalue weighted by Crippen LogP contribution is -2.15. The monoisotopic (exact) mass is 794 g/mol. The SMILES string of the molecule is c1ccc(N(c2ccccc2)c2cccc(N(c3cccc(N(c4ccccc4)c4ccc5ccccc5c4)c3)c3cccc4c5ccccc5n(-c5ccccc5)c34)c2)cc1. The van der Waals surface area contributed by atoms with Crippen LogP contribution in [0.1, 0.15) is 0 Å². The molecule has 0 unspecified atom stereocenters. The van der Waals surface area contributed by atoms with Crippen molar-refractivity contribution in [3.63, 3.8) is 0 Å². The fraction of sp³-hybridized carbons (Fsp3) is 0. The summed E-state index contributed by atoms with van der Waals surface area (Å²) in [6.07, 6.45) is 0. The normalized spacial score (nSPS) is 11.2. The number of benzene rings is 10. The van der Waals surface area contributed by atoms with E-state index in [1.807, 2.05) is 0 Å². The van der Waals surface area contributed by atoms with Gasteiger partial charge in [0.05, 0.1) is 16.7 Å². The third-order valence-corrected chi connectivity index (χ3v) is 11.7. The predicted octanol–water partition coefficient (Wildman–Crippen LogP) is 16.3. The van der Waals surface area contributed by atoms with E-state index in [4.69, 9.17) is 0 Å². The van der Waals surface area contributed by atoms with Crippen LogP contribution in [0.25, 0.3) is 38.3 Å². The number of hydrogen-bond donors (Lipinski definition) is 0. The molecule has 0 aliphatic heterocycles. The zero-order valence-corrected chi connectivity index (χ0v) is 34.0. The zero-order chi connectivity index (χ0) is 41.2. The van der Waals surface area contributed by atoms with E-state index in [0.717, 1.165) is 67.9 Å². The summed E-state index contributed by atoms with van der Waals surface area (Å²) in [5, 5.41) is 4.81. The average molecular weight is 795 g/mol. The molecule has 62 heavy (non-hydrogen) atoms. The summed E-state index contributed by atoms with van der Waals surface area (Å²) >= 11 is 0. The van der Waals surface area contributed by atoms with E-state index in [2.05, 4.69) is 274 Å². The van der Waals surface area contributed by atoms with Crippen LogP contribution < -0.4 is 14.7 Å². The molecule has 0 spiro atoms. The molecular formula is C58H42N4. The highest BCUT2D eigenvalue weighted by atomic mass is 15.2. The molecule has 0 N–H and O–H groups in total. The highest BCUT2D eigenvalue weighted by molar-refractivity contribution is 6.14. The van der Waals surface area contributed by atoms with Crippen molar-refractivity contribution in [3.05, 3.63) is 255 Å². The highest BCUT2D eigenvalue weighted by Crippen LogP contribution is 2.47. The van der Waals surface area contributed by atoms with Crippen LogP contribution in [0.2, 0.25) is 0 Å². The van der Waals surface area contributed by atoms with Crippen LogP contribution in [-0.2, 0) is 0 Å². The molecule has 0 aliphatic rings. The lowest BCUT2D eigenvalue weighted by molar-refractivity contribution is 1.16. The summed E-state index contributed by atoms with van der Waals surface area (Å²) in [6.45, 7) is 0. The summed E-state index contributed by atoms with van der Waals surface area (Å²) in [5.41, 5.74) is 13.0. The molecule has 0 atom stereocenters. The standard InChI is InChI=1S/C58H42N4/c1-5-22-45(23-6-1)59(46-24-7-2-8-25-46)49-30-17-32-51(41-49)61(57-37-19-35-55-54-34-15-16-36-56(54)62(58(55)57)48-28-11-4-12-29-48)52-33-18-31-50(42-52)60(47-26-9-3-10-27-47)53-39-38-43-20-13-14-21-44(43)40-53/h1-42H. The van der Waals surface area contributed by atoms with Gasteiger partial charge in [-0.1, -0.05) is 146 Å². The van der Waals surface area contributed by atoms with Crippen LogP contribution in [0.4, 0.5) is 51.2 Å². The minimum absolute atomic E-state index is 1.03. The maximum atomic E-state index is 2.44. The van der Waals surface area contributed by atoms with E-state index in [0.29, 0.717) is 0 Å². The Morgan fingerprint density at radius 3 is 1.27 bits per heavy atom. The molecule has 0 saturated carbocycles.